The molecule has 3 heteroatoms. The van der Waals surface area contributed by atoms with Gasteiger partial charge < -0.3 is 0 Å². The average Bonchev–Trinajstić information content (AvgIpc) is 2.04. The highest BCUT2D eigenvalue weighted by Gasteiger charge is 2.41. The molecule has 0 aliphatic rings. The van der Waals surface area contributed by atoms with Gasteiger partial charge >= 0.3 is 0 Å². The van der Waals surface area contributed by atoms with Crippen LogP contribution in [0.4, 0.5) is 0 Å². The summed E-state index contributed by atoms with van der Waals surface area (Å²) in [6, 6.07) is 10.6. The van der Waals surface area contributed by atoms with Crippen molar-refractivity contribution in [2.24, 2.45) is 0 Å². The van der Waals surface area contributed by atoms with Gasteiger partial charge in [-0.05, 0) is 5.19 Å². The van der Waals surface area contributed by atoms with Crippen molar-refractivity contribution < 1.29 is 0 Å². The van der Waals surface area contributed by atoms with E-state index in [2.05, 4.69) is 56.5 Å². The van der Waals surface area contributed by atoms with Crippen molar-refractivity contribution in [3.05, 3.63) is 30.3 Å². The van der Waals surface area contributed by atoms with Crippen LogP contribution in [-0.2, 0) is 0 Å². The summed E-state index contributed by atoms with van der Waals surface area (Å²) < 4.78 is 0. The van der Waals surface area contributed by atoms with Gasteiger partial charge in [-0.25, -0.2) is 0 Å². The Morgan fingerprint density at radius 2 is 1.38 bits per heavy atom. The van der Waals surface area contributed by atoms with E-state index in [0.29, 0.717) is 0 Å². The topological polar surface area (TPSA) is 0 Å². The van der Waals surface area contributed by atoms with Gasteiger partial charge in [-0.3, -0.25) is 0 Å². The van der Waals surface area contributed by atoms with E-state index < -0.39 is 14.5 Å². The van der Waals surface area contributed by atoms with Crippen LogP contribution in [0.5, 0.6) is 0 Å². The van der Waals surface area contributed by atoms with Crippen molar-refractivity contribution in [3.63, 3.8) is 0 Å². The monoisotopic (exact) mass is 228 g/mol. The van der Waals surface area contributed by atoms with Gasteiger partial charge in [0.25, 0.3) is 0 Å². The van der Waals surface area contributed by atoms with Crippen LogP contribution < -0.4 is 5.19 Å². The van der Waals surface area contributed by atoms with Gasteiger partial charge in [-0.2, -0.15) is 11.1 Å². The first kappa shape index (κ1) is 11.0. The highest BCUT2D eigenvalue weighted by molar-refractivity contribution is 7.63. The van der Waals surface area contributed by atoms with Gasteiger partial charge in [0.05, 0.1) is 7.59 Å². The van der Waals surface area contributed by atoms with Crippen molar-refractivity contribution in [2.45, 2.75) is 26.2 Å². The molecule has 1 atom stereocenters. The SMILES string of the molecule is C[Si](C)(C)[Si](C)(Cl)c1ccccc1. The highest BCUT2D eigenvalue weighted by Crippen LogP contribution is 2.22. The second kappa shape index (κ2) is 3.60. The molecule has 0 saturated carbocycles. The summed E-state index contributed by atoms with van der Waals surface area (Å²) in [6.07, 6.45) is 0. The lowest BCUT2D eigenvalue weighted by molar-refractivity contribution is 1.73. The van der Waals surface area contributed by atoms with Crippen LogP contribution in [0, 0.1) is 0 Å². The van der Waals surface area contributed by atoms with Crippen LogP contribution >= 0.6 is 11.1 Å². The summed E-state index contributed by atoms with van der Waals surface area (Å²) >= 11 is 6.74. The van der Waals surface area contributed by atoms with E-state index in [1.54, 1.807) is 0 Å². The molecule has 1 aromatic carbocycles. The number of halogens is 1. The lowest BCUT2D eigenvalue weighted by Gasteiger charge is -2.32. The summed E-state index contributed by atoms with van der Waals surface area (Å²) in [7, 11) is -1.22. The van der Waals surface area contributed by atoms with Crippen molar-refractivity contribution >= 4 is 30.8 Å². The predicted molar refractivity (Wildman–Crippen MR) is 66.9 cm³/mol. The molecule has 0 N–H and O–H groups in total. The van der Waals surface area contributed by atoms with Crippen LogP contribution in [-0.4, -0.2) is 14.5 Å². The zero-order chi connectivity index (χ0) is 10.1. The fourth-order valence-corrected chi connectivity index (χ4v) is 6.34. The standard InChI is InChI=1S/C10H17ClSi2/c1-12(2,3)13(4,11)10-8-6-5-7-9-10/h5-9H,1-4H3. The Kier molecular flexibility index (Phi) is 3.05. The number of hydrogen-bond donors (Lipinski definition) is 0. The van der Waals surface area contributed by atoms with Crippen LogP contribution in [0.3, 0.4) is 0 Å². The summed E-state index contributed by atoms with van der Waals surface area (Å²) in [4.78, 5) is 0. The van der Waals surface area contributed by atoms with Crippen LogP contribution in [0.2, 0.25) is 26.2 Å². The van der Waals surface area contributed by atoms with Gasteiger partial charge in [-0.15, -0.1) is 0 Å². The molecule has 0 bridgehead atoms. The predicted octanol–water partition coefficient (Wildman–Crippen LogP) is 3.12. The van der Waals surface area contributed by atoms with Crippen molar-refractivity contribution in [2.75, 3.05) is 0 Å². The van der Waals surface area contributed by atoms with E-state index in [4.69, 9.17) is 11.1 Å². The van der Waals surface area contributed by atoms with Gasteiger partial charge in [-0.1, -0.05) is 56.5 Å². The number of hydrogen-bond acceptors (Lipinski definition) is 0. The Labute approximate surface area is 87.5 Å². The van der Waals surface area contributed by atoms with E-state index in [1.807, 2.05) is 0 Å². The second-order valence-corrected chi connectivity index (χ2v) is 22.4. The molecule has 13 heavy (non-hydrogen) atoms. The molecule has 0 nitrogen and oxygen atoms in total. The average molecular weight is 229 g/mol. The van der Waals surface area contributed by atoms with E-state index >= 15 is 0 Å². The first-order chi connectivity index (χ1) is 5.86. The quantitative estimate of drug-likeness (QED) is 0.539. The molecular weight excluding hydrogens is 212 g/mol. The van der Waals surface area contributed by atoms with Gasteiger partial charge in [0, 0.05) is 0 Å². The van der Waals surface area contributed by atoms with Crippen molar-refractivity contribution in [1.29, 1.82) is 0 Å². The van der Waals surface area contributed by atoms with Gasteiger partial charge in [0.1, 0.15) is 0 Å². The molecule has 0 aliphatic heterocycles. The first-order valence-corrected chi connectivity index (χ1v) is 12.6. The molecule has 0 aliphatic carbocycles. The molecule has 0 amide bonds. The van der Waals surface area contributed by atoms with Crippen molar-refractivity contribution in [3.8, 4) is 0 Å². The van der Waals surface area contributed by atoms with Crippen LogP contribution in [0.1, 0.15) is 0 Å². The fourth-order valence-electron chi connectivity index (χ4n) is 1.18. The Morgan fingerprint density at radius 3 is 1.77 bits per heavy atom. The van der Waals surface area contributed by atoms with Crippen molar-refractivity contribution in [1.82, 2.24) is 0 Å². The molecule has 0 saturated heterocycles. The normalized spacial score (nSPS) is 16.7. The maximum Gasteiger partial charge on any atom is 0.172 e. The van der Waals surface area contributed by atoms with E-state index in [0.717, 1.165) is 0 Å². The Balaban J connectivity index is 3.08. The molecule has 0 heterocycles. The fraction of sp³-hybridized carbons (Fsp3) is 0.400. The second-order valence-electron chi connectivity index (χ2n) is 4.62. The van der Waals surface area contributed by atoms with E-state index in [9.17, 15) is 0 Å². The molecular formula is C10H17ClSi2. The number of benzene rings is 1. The minimum Gasteiger partial charge on any atom is -0.165 e. The summed E-state index contributed by atoms with van der Waals surface area (Å²) in [5, 5.41) is 1.39. The van der Waals surface area contributed by atoms with Crippen LogP contribution in [0.25, 0.3) is 0 Å². The summed E-state index contributed by atoms with van der Waals surface area (Å²) in [5.41, 5.74) is 0. The minimum absolute atomic E-state index is 1.22. The first-order valence-electron chi connectivity index (χ1n) is 4.60. The minimum atomic E-state index is -1.67. The van der Waals surface area contributed by atoms with Crippen LogP contribution in [0.15, 0.2) is 30.3 Å². The Hall–Kier alpha value is -0.0562. The Morgan fingerprint density at radius 1 is 0.923 bits per heavy atom. The largest absolute Gasteiger partial charge is 0.172 e. The smallest absolute Gasteiger partial charge is 0.165 e. The highest BCUT2D eigenvalue weighted by atomic mass is 35.6. The third kappa shape index (κ3) is 2.24. The molecule has 1 aromatic rings. The Bertz CT molecular complexity index is 275. The summed E-state index contributed by atoms with van der Waals surface area (Å²) in [6.45, 7) is 7.69. The number of rotatable bonds is 2. The summed E-state index contributed by atoms with van der Waals surface area (Å²) in [5.74, 6) is 0. The molecule has 1 rings (SSSR count). The molecule has 72 valence electrons. The lowest BCUT2D eigenvalue weighted by atomic mass is 10.4. The maximum atomic E-state index is 6.74. The molecule has 1 unspecified atom stereocenters. The molecule has 0 aromatic heterocycles. The third-order valence-corrected chi connectivity index (χ3v) is 22.0. The van der Waals surface area contributed by atoms with Gasteiger partial charge in [0.2, 0.25) is 0 Å². The lowest BCUT2D eigenvalue weighted by Crippen LogP contribution is -2.59. The van der Waals surface area contributed by atoms with E-state index in [1.165, 1.54) is 5.19 Å². The molecule has 0 fully saturated rings. The van der Waals surface area contributed by atoms with Gasteiger partial charge in [0.15, 0.2) is 6.90 Å². The zero-order valence-electron chi connectivity index (χ0n) is 8.76. The maximum absolute atomic E-state index is 6.74. The zero-order valence-corrected chi connectivity index (χ0v) is 11.5. The van der Waals surface area contributed by atoms with E-state index in [-0.39, 0.29) is 0 Å². The molecule has 0 radical (unpaired) electrons. The third-order valence-electron chi connectivity index (χ3n) is 2.72. The molecule has 0 spiro atoms.